The second-order valence-electron chi connectivity index (χ2n) is 7.90. The van der Waals surface area contributed by atoms with E-state index in [0.29, 0.717) is 18.7 Å². The van der Waals surface area contributed by atoms with Crippen LogP contribution in [0, 0.1) is 5.41 Å². The van der Waals surface area contributed by atoms with Crippen molar-refractivity contribution in [3.05, 3.63) is 46.8 Å². The molecule has 0 bridgehead atoms. The van der Waals surface area contributed by atoms with Crippen LogP contribution in [-0.4, -0.2) is 44.8 Å². The molecule has 1 saturated heterocycles. The third-order valence-electron chi connectivity index (χ3n) is 6.00. The summed E-state index contributed by atoms with van der Waals surface area (Å²) >= 11 is 0. The number of likely N-dealkylation sites (tertiary alicyclic amines) is 1. The standard InChI is InChI=1S/C21H25N3O3/c1-3-14-7-9-15(10-8-14)24-17-6-4-5-16(17)18(22-24)19(25)23-12-11-21(2,13-23)20(26)27/h7-10H,3-6,11-13H2,1-2H3,(H,26,27). The lowest BCUT2D eigenvalue weighted by atomic mass is 9.90. The van der Waals surface area contributed by atoms with Crippen LogP contribution in [0.3, 0.4) is 0 Å². The Morgan fingerprint density at radius 2 is 1.96 bits per heavy atom. The molecule has 1 amide bonds. The summed E-state index contributed by atoms with van der Waals surface area (Å²) in [5.41, 5.74) is 4.02. The molecule has 2 heterocycles. The van der Waals surface area contributed by atoms with Crippen molar-refractivity contribution in [3.63, 3.8) is 0 Å². The molecule has 6 nitrogen and oxygen atoms in total. The van der Waals surface area contributed by atoms with Crippen molar-refractivity contribution in [2.45, 2.75) is 46.0 Å². The van der Waals surface area contributed by atoms with Gasteiger partial charge in [-0.3, -0.25) is 9.59 Å². The average Bonchev–Trinajstić information content (AvgIpc) is 3.37. The Morgan fingerprint density at radius 3 is 2.59 bits per heavy atom. The fourth-order valence-electron chi connectivity index (χ4n) is 4.15. The van der Waals surface area contributed by atoms with Crippen LogP contribution in [0.5, 0.6) is 0 Å². The molecule has 1 aliphatic carbocycles. The molecule has 27 heavy (non-hydrogen) atoms. The molecule has 6 heteroatoms. The Labute approximate surface area is 158 Å². The summed E-state index contributed by atoms with van der Waals surface area (Å²) in [7, 11) is 0. The Morgan fingerprint density at radius 1 is 1.22 bits per heavy atom. The van der Waals surface area contributed by atoms with E-state index in [-0.39, 0.29) is 12.5 Å². The van der Waals surface area contributed by atoms with E-state index >= 15 is 0 Å². The monoisotopic (exact) mass is 367 g/mol. The van der Waals surface area contributed by atoms with E-state index in [4.69, 9.17) is 0 Å². The molecule has 1 aliphatic heterocycles. The zero-order chi connectivity index (χ0) is 19.2. The minimum Gasteiger partial charge on any atom is -0.481 e. The molecule has 1 fully saturated rings. The first-order valence-corrected chi connectivity index (χ1v) is 9.65. The minimum atomic E-state index is -0.864. The van der Waals surface area contributed by atoms with Crippen molar-refractivity contribution in [3.8, 4) is 5.69 Å². The number of hydrogen-bond donors (Lipinski definition) is 1. The van der Waals surface area contributed by atoms with Gasteiger partial charge in [-0.2, -0.15) is 5.10 Å². The fourth-order valence-corrected chi connectivity index (χ4v) is 4.15. The summed E-state index contributed by atoms with van der Waals surface area (Å²) in [6.45, 7) is 4.54. The molecule has 0 spiro atoms. The number of amides is 1. The van der Waals surface area contributed by atoms with Gasteiger partial charge in [0.05, 0.1) is 11.1 Å². The quantitative estimate of drug-likeness (QED) is 0.902. The zero-order valence-electron chi connectivity index (χ0n) is 15.9. The van der Waals surface area contributed by atoms with Gasteiger partial charge in [-0.1, -0.05) is 19.1 Å². The third kappa shape index (κ3) is 2.93. The van der Waals surface area contributed by atoms with E-state index < -0.39 is 11.4 Å². The van der Waals surface area contributed by atoms with Crippen LogP contribution in [0.25, 0.3) is 5.69 Å². The molecule has 2 aromatic rings. The first-order valence-electron chi connectivity index (χ1n) is 9.65. The van der Waals surface area contributed by atoms with Gasteiger partial charge >= 0.3 is 5.97 Å². The van der Waals surface area contributed by atoms with Crippen LogP contribution in [0.15, 0.2) is 24.3 Å². The summed E-state index contributed by atoms with van der Waals surface area (Å²) in [5, 5.41) is 14.1. The van der Waals surface area contributed by atoms with Crippen LogP contribution >= 0.6 is 0 Å². The van der Waals surface area contributed by atoms with E-state index in [9.17, 15) is 14.7 Å². The third-order valence-corrected chi connectivity index (χ3v) is 6.00. The number of aromatic nitrogens is 2. The predicted octanol–water partition coefficient (Wildman–Crippen LogP) is 2.86. The molecule has 4 rings (SSSR count). The van der Waals surface area contributed by atoms with Crippen LogP contribution in [0.4, 0.5) is 0 Å². The number of carboxylic acids is 1. The molecule has 1 atom stereocenters. The summed E-state index contributed by atoms with van der Waals surface area (Å²) in [5.74, 6) is -0.980. The largest absolute Gasteiger partial charge is 0.481 e. The molecule has 2 aliphatic rings. The van der Waals surface area contributed by atoms with Crippen LogP contribution < -0.4 is 0 Å². The predicted molar refractivity (Wildman–Crippen MR) is 101 cm³/mol. The zero-order valence-corrected chi connectivity index (χ0v) is 15.9. The van der Waals surface area contributed by atoms with Gasteiger partial charge in [-0.05, 0) is 56.7 Å². The van der Waals surface area contributed by atoms with Gasteiger partial charge in [-0.25, -0.2) is 4.68 Å². The Kier molecular flexibility index (Phi) is 4.29. The van der Waals surface area contributed by atoms with Crippen LogP contribution in [0.1, 0.15) is 54.0 Å². The maximum Gasteiger partial charge on any atom is 0.311 e. The van der Waals surface area contributed by atoms with Gasteiger partial charge in [0.25, 0.3) is 5.91 Å². The van der Waals surface area contributed by atoms with E-state index in [2.05, 4.69) is 36.3 Å². The smallest absolute Gasteiger partial charge is 0.311 e. The second kappa shape index (κ2) is 6.51. The highest BCUT2D eigenvalue weighted by molar-refractivity contribution is 5.95. The van der Waals surface area contributed by atoms with E-state index in [1.807, 2.05) is 4.68 Å². The molecule has 1 N–H and O–H groups in total. The number of benzene rings is 1. The summed E-state index contributed by atoms with van der Waals surface area (Å²) in [6, 6.07) is 8.29. The average molecular weight is 367 g/mol. The SMILES string of the molecule is CCc1ccc(-n2nc(C(=O)N3CCC(C)(C(=O)O)C3)c3c2CCC3)cc1. The topological polar surface area (TPSA) is 75.4 Å². The molecule has 1 aromatic carbocycles. The van der Waals surface area contributed by atoms with Crippen molar-refractivity contribution in [1.29, 1.82) is 0 Å². The highest BCUT2D eigenvalue weighted by Crippen LogP contribution is 2.33. The van der Waals surface area contributed by atoms with Crippen molar-refractivity contribution in [2.75, 3.05) is 13.1 Å². The van der Waals surface area contributed by atoms with E-state index in [0.717, 1.165) is 42.6 Å². The number of fused-ring (bicyclic) bond motifs is 1. The molecule has 0 saturated carbocycles. The number of carbonyl (C=O) groups excluding carboxylic acids is 1. The molecule has 142 valence electrons. The van der Waals surface area contributed by atoms with Crippen molar-refractivity contribution in [2.24, 2.45) is 5.41 Å². The van der Waals surface area contributed by atoms with Crippen molar-refractivity contribution in [1.82, 2.24) is 14.7 Å². The van der Waals surface area contributed by atoms with Crippen molar-refractivity contribution >= 4 is 11.9 Å². The molecule has 0 radical (unpaired) electrons. The number of hydrogen-bond acceptors (Lipinski definition) is 3. The number of nitrogens with zero attached hydrogens (tertiary/aromatic N) is 3. The minimum absolute atomic E-state index is 0.137. The number of carboxylic acid groups (broad SMARTS) is 1. The van der Waals surface area contributed by atoms with Gasteiger partial charge in [0.1, 0.15) is 0 Å². The number of aryl methyl sites for hydroxylation is 1. The first kappa shape index (κ1) is 17.8. The molecular formula is C21H25N3O3. The van der Waals surface area contributed by atoms with Crippen LogP contribution in [-0.2, 0) is 24.1 Å². The van der Waals surface area contributed by atoms with Gasteiger partial charge in [0.15, 0.2) is 5.69 Å². The summed E-state index contributed by atoms with van der Waals surface area (Å²) in [6.07, 6.45) is 4.26. The maximum atomic E-state index is 13.1. The fraction of sp³-hybridized carbons (Fsp3) is 0.476. The number of rotatable bonds is 4. The Balaban J connectivity index is 1.66. The second-order valence-corrected chi connectivity index (χ2v) is 7.90. The van der Waals surface area contributed by atoms with Gasteiger partial charge in [0, 0.05) is 24.3 Å². The highest BCUT2D eigenvalue weighted by atomic mass is 16.4. The lowest BCUT2D eigenvalue weighted by Gasteiger charge is -2.19. The lowest BCUT2D eigenvalue weighted by molar-refractivity contribution is -0.147. The van der Waals surface area contributed by atoms with E-state index in [1.54, 1.807) is 11.8 Å². The molecule has 1 unspecified atom stereocenters. The van der Waals surface area contributed by atoms with E-state index in [1.165, 1.54) is 5.56 Å². The van der Waals surface area contributed by atoms with Gasteiger partial charge in [0.2, 0.25) is 0 Å². The molecule has 1 aromatic heterocycles. The lowest BCUT2D eigenvalue weighted by Crippen LogP contribution is -2.35. The van der Waals surface area contributed by atoms with Gasteiger partial charge < -0.3 is 10.0 Å². The van der Waals surface area contributed by atoms with Gasteiger partial charge in [-0.15, -0.1) is 0 Å². The van der Waals surface area contributed by atoms with Crippen molar-refractivity contribution < 1.29 is 14.7 Å². The summed E-state index contributed by atoms with van der Waals surface area (Å²) in [4.78, 5) is 26.3. The highest BCUT2D eigenvalue weighted by Gasteiger charge is 2.43. The summed E-state index contributed by atoms with van der Waals surface area (Å²) < 4.78 is 1.90. The normalized spacial score (nSPS) is 21.5. The first-order chi connectivity index (χ1) is 12.9. The van der Waals surface area contributed by atoms with Crippen LogP contribution in [0.2, 0.25) is 0 Å². The molecular weight excluding hydrogens is 342 g/mol. The maximum absolute atomic E-state index is 13.1. The number of carbonyl (C=O) groups is 2. The number of aliphatic carboxylic acids is 1. The Bertz CT molecular complexity index is 900. The Hall–Kier alpha value is -2.63.